The van der Waals surface area contributed by atoms with Crippen LogP contribution in [0.1, 0.15) is 5.82 Å². The Morgan fingerprint density at radius 1 is 1.30 bits per heavy atom. The van der Waals surface area contributed by atoms with E-state index in [1.807, 2.05) is 6.07 Å². The summed E-state index contributed by atoms with van der Waals surface area (Å²) in [6.45, 7) is 0. The van der Waals surface area contributed by atoms with Crippen LogP contribution in [-0.4, -0.2) is 10.1 Å². The molecule has 5 nitrogen and oxygen atoms in total. The molecule has 0 unspecified atom stereocenters. The molecule has 0 saturated heterocycles. The predicted octanol–water partition coefficient (Wildman–Crippen LogP) is 3.86. The smallest absolute Gasteiger partial charge is 0.293 e. The highest BCUT2D eigenvalue weighted by molar-refractivity contribution is 7.98. The van der Waals surface area contributed by atoms with Crippen LogP contribution < -0.4 is 5.73 Å². The van der Waals surface area contributed by atoms with Crippen molar-refractivity contribution in [3.05, 3.63) is 47.4 Å². The predicted molar refractivity (Wildman–Crippen MR) is 77.4 cm³/mol. The molecule has 0 fully saturated rings. The van der Waals surface area contributed by atoms with Crippen LogP contribution in [0.25, 0.3) is 11.7 Å². The highest BCUT2D eigenvalue weighted by Gasteiger charge is 2.11. The number of benzene rings is 1. The summed E-state index contributed by atoms with van der Waals surface area (Å²) in [6, 6.07) is 8.92. The maximum Gasteiger partial charge on any atom is 0.293 e. The van der Waals surface area contributed by atoms with Gasteiger partial charge in [0.1, 0.15) is 0 Å². The molecule has 0 aliphatic heterocycles. The van der Waals surface area contributed by atoms with Crippen molar-refractivity contribution >= 4 is 29.1 Å². The van der Waals surface area contributed by atoms with Gasteiger partial charge in [-0.3, -0.25) is 0 Å². The normalized spacial score (nSPS) is 10.8. The molecular weight excluding hydrogens is 298 g/mol. The van der Waals surface area contributed by atoms with E-state index in [2.05, 4.69) is 10.1 Å². The fourth-order valence-electron chi connectivity index (χ4n) is 1.59. The molecule has 0 radical (unpaired) electrons. The number of thioether (sulfide) groups is 1. The molecule has 2 heterocycles. The van der Waals surface area contributed by atoms with Crippen LogP contribution in [0, 0.1) is 0 Å². The van der Waals surface area contributed by atoms with E-state index >= 15 is 0 Å². The molecule has 3 rings (SSSR count). The number of rotatable bonds is 4. The lowest BCUT2D eigenvalue weighted by Gasteiger charge is -2.02. The number of nitrogens with two attached hydrogens (primary N) is 1. The topological polar surface area (TPSA) is 78.1 Å². The zero-order chi connectivity index (χ0) is 13.9. The molecule has 0 aliphatic rings. The van der Waals surface area contributed by atoms with Crippen LogP contribution in [0.2, 0.25) is 5.02 Å². The van der Waals surface area contributed by atoms with Crippen molar-refractivity contribution in [1.29, 1.82) is 0 Å². The Labute approximate surface area is 124 Å². The lowest BCUT2D eigenvalue weighted by molar-refractivity contribution is 0.411. The highest BCUT2D eigenvalue weighted by atomic mass is 35.5. The maximum atomic E-state index is 6.10. The first-order valence-electron chi connectivity index (χ1n) is 5.76. The van der Waals surface area contributed by atoms with Gasteiger partial charge in [0, 0.05) is 10.6 Å². The van der Waals surface area contributed by atoms with Gasteiger partial charge in [0.25, 0.3) is 5.89 Å². The molecule has 2 N–H and O–H groups in total. The Kier molecular flexibility index (Phi) is 3.66. The van der Waals surface area contributed by atoms with Crippen molar-refractivity contribution in [1.82, 2.24) is 10.1 Å². The van der Waals surface area contributed by atoms with Gasteiger partial charge in [0.15, 0.2) is 11.6 Å². The zero-order valence-electron chi connectivity index (χ0n) is 10.2. The first kappa shape index (κ1) is 13.1. The Bertz CT molecular complexity index is 712. The number of nitrogen functional groups attached to an aromatic ring is 1. The minimum absolute atomic E-state index is 0.369. The number of hydrogen-bond acceptors (Lipinski definition) is 6. The number of aromatic nitrogens is 2. The Hall–Kier alpha value is -1.92. The molecule has 2 aromatic heterocycles. The van der Waals surface area contributed by atoms with Gasteiger partial charge in [0.05, 0.1) is 17.0 Å². The molecule has 20 heavy (non-hydrogen) atoms. The summed E-state index contributed by atoms with van der Waals surface area (Å²) in [5.74, 6) is 2.05. The number of halogens is 1. The van der Waals surface area contributed by atoms with Crippen LogP contribution in [0.3, 0.4) is 0 Å². The van der Waals surface area contributed by atoms with Crippen LogP contribution in [0.15, 0.2) is 50.4 Å². The molecule has 0 bridgehead atoms. The first-order chi connectivity index (χ1) is 9.72. The van der Waals surface area contributed by atoms with E-state index in [1.165, 1.54) is 11.8 Å². The monoisotopic (exact) mass is 307 g/mol. The molecule has 3 aromatic rings. The second-order valence-corrected chi connectivity index (χ2v) is 5.40. The molecule has 0 amide bonds. The van der Waals surface area contributed by atoms with Crippen molar-refractivity contribution in [2.75, 3.05) is 5.73 Å². The zero-order valence-corrected chi connectivity index (χ0v) is 11.8. The third kappa shape index (κ3) is 2.81. The van der Waals surface area contributed by atoms with Gasteiger partial charge < -0.3 is 14.7 Å². The van der Waals surface area contributed by atoms with Crippen molar-refractivity contribution in [3.63, 3.8) is 0 Å². The molecule has 0 saturated carbocycles. The van der Waals surface area contributed by atoms with E-state index in [-0.39, 0.29) is 0 Å². The second kappa shape index (κ2) is 5.60. The minimum atomic E-state index is 0.369. The fourth-order valence-corrected chi connectivity index (χ4v) is 2.70. The molecule has 0 spiro atoms. The van der Waals surface area contributed by atoms with Crippen LogP contribution in [0.5, 0.6) is 0 Å². The maximum absolute atomic E-state index is 6.10. The fraction of sp³-hybridized carbons (Fsp3) is 0.0769. The number of anilines is 1. The average molecular weight is 308 g/mol. The van der Waals surface area contributed by atoms with Gasteiger partial charge in [-0.05, 0) is 30.3 Å². The summed E-state index contributed by atoms with van der Waals surface area (Å²) in [6.07, 6.45) is 1.56. The summed E-state index contributed by atoms with van der Waals surface area (Å²) < 4.78 is 10.3. The lowest BCUT2D eigenvalue weighted by atomic mass is 10.3. The molecule has 0 atom stereocenters. The van der Waals surface area contributed by atoms with Crippen LogP contribution >= 0.6 is 23.4 Å². The summed E-state index contributed by atoms with van der Waals surface area (Å²) in [5, 5.41) is 4.52. The Morgan fingerprint density at radius 3 is 2.95 bits per heavy atom. The number of nitrogens with zero attached hydrogens (tertiary/aromatic N) is 2. The standard InChI is InChI=1S/C13H10ClN3O2S/c14-9-6-8(15)3-4-11(9)20-7-12-16-13(19-17-12)10-2-1-5-18-10/h1-6H,7,15H2. The van der Waals surface area contributed by atoms with E-state index in [0.29, 0.717) is 33.9 Å². The van der Waals surface area contributed by atoms with Crippen molar-refractivity contribution < 1.29 is 8.94 Å². The lowest BCUT2D eigenvalue weighted by Crippen LogP contribution is -1.87. The van der Waals surface area contributed by atoms with Gasteiger partial charge in [-0.25, -0.2) is 0 Å². The molecule has 102 valence electrons. The summed E-state index contributed by atoms with van der Waals surface area (Å²) in [7, 11) is 0. The molecule has 0 aliphatic carbocycles. The van der Waals surface area contributed by atoms with Crippen LogP contribution in [-0.2, 0) is 5.75 Å². The SMILES string of the molecule is Nc1ccc(SCc2noc(-c3ccco3)n2)c(Cl)c1. The third-order valence-corrected chi connectivity index (χ3v) is 4.01. The molecule has 1 aromatic carbocycles. The molecular formula is C13H10ClN3O2S. The second-order valence-electron chi connectivity index (χ2n) is 3.97. The van der Waals surface area contributed by atoms with Gasteiger partial charge in [0.2, 0.25) is 0 Å². The van der Waals surface area contributed by atoms with E-state index in [0.717, 1.165) is 4.90 Å². The van der Waals surface area contributed by atoms with Gasteiger partial charge in [-0.15, -0.1) is 11.8 Å². The molecule has 7 heteroatoms. The van der Waals surface area contributed by atoms with Gasteiger partial charge in [-0.1, -0.05) is 16.8 Å². The van der Waals surface area contributed by atoms with Gasteiger partial charge >= 0.3 is 0 Å². The number of hydrogen-bond donors (Lipinski definition) is 1. The van der Waals surface area contributed by atoms with E-state index < -0.39 is 0 Å². The van der Waals surface area contributed by atoms with Crippen molar-refractivity contribution in [3.8, 4) is 11.7 Å². The van der Waals surface area contributed by atoms with E-state index in [1.54, 1.807) is 30.5 Å². The summed E-state index contributed by atoms with van der Waals surface area (Å²) >= 11 is 7.62. The highest BCUT2D eigenvalue weighted by Crippen LogP contribution is 2.31. The van der Waals surface area contributed by atoms with E-state index in [4.69, 9.17) is 26.3 Å². The van der Waals surface area contributed by atoms with Crippen LogP contribution in [0.4, 0.5) is 5.69 Å². The van der Waals surface area contributed by atoms with Crippen molar-refractivity contribution in [2.45, 2.75) is 10.6 Å². The first-order valence-corrected chi connectivity index (χ1v) is 7.13. The van der Waals surface area contributed by atoms with Crippen molar-refractivity contribution in [2.24, 2.45) is 0 Å². The number of furan rings is 1. The van der Waals surface area contributed by atoms with Gasteiger partial charge in [-0.2, -0.15) is 4.98 Å². The minimum Gasteiger partial charge on any atom is -0.459 e. The summed E-state index contributed by atoms with van der Waals surface area (Å²) in [5.41, 5.74) is 6.29. The average Bonchev–Trinajstić information content (AvgIpc) is 3.08. The third-order valence-electron chi connectivity index (χ3n) is 2.51. The quantitative estimate of drug-likeness (QED) is 0.582. The summed E-state index contributed by atoms with van der Waals surface area (Å²) in [4.78, 5) is 5.18. The Balaban J connectivity index is 1.70. The Morgan fingerprint density at radius 2 is 2.20 bits per heavy atom. The largest absolute Gasteiger partial charge is 0.459 e. The van der Waals surface area contributed by atoms with E-state index in [9.17, 15) is 0 Å².